The normalized spacial score (nSPS) is 11.1. The van der Waals surface area contributed by atoms with Crippen LogP contribution in [0.25, 0.3) is 11.0 Å². The van der Waals surface area contributed by atoms with Gasteiger partial charge in [-0.1, -0.05) is 13.8 Å². The molecule has 3 aromatic rings. The molecule has 23 heavy (non-hydrogen) atoms. The first kappa shape index (κ1) is 15.1. The van der Waals surface area contributed by atoms with Crippen LogP contribution in [-0.2, 0) is 6.54 Å². The molecule has 2 heterocycles. The summed E-state index contributed by atoms with van der Waals surface area (Å²) in [5.74, 6) is 0.682. The fourth-order valence-electron chi connectivity index (χ4n) is 2.15. The van der Waals surface area contributed by atoms with Gasteiger partial charge in [0.1, 0.15) is 23.2 Å². The lowest BCUT2D eigenvalue weighted by Gasteiger charge is -2.06. The van der Waals surface area contributed by atoms with Crippen molar-refractivity contribution in [2.24, 2.45) is 0 Å². The Morgan fingerprint density at radius 2 is 2.13 bits per heavy atom. The maximum Gasteiger partial charge on any atom is 0.270 e. The predicted octanol–water partition coefficient (Wildman–Crippen LogP) is 2.55. The van der Waals surface area contributed by atoms with E-state index < -0.39 is 0 Å². The molecule has 0 bridgehead atoms. The fourth-order valence-corrected chi connectivity index (χ4v) is 2.15. The van der Waals surface area contributed by atoms with Crippen molar-refractivity contribution in [3.63, 3.8) is 0 Å². The number of halogens is 1. The molecule has 0 spiro atoms. The molecule has 1 aromatic carbocycles. The highest BCUT2D eigenvalue weighted by atomic mass is 19.1. The van der Waals surface area contributed by atoms with Crippen molar-refractivity contribution in [1.29, 1.82) is 0 Å². The summed E-state index contributed by atoms with van der Waals surface area (Å²) >= 11 is 0. The zero-order valence-corrected chi connectivity index (χ0v) is 12.8. The molecule has 118 valence electrons. The first-order valence-electron chi connectivity index (χ1n) is 7.28. The smallest absolute Gasteiger partial charge is 0.270 e. The fraction of sp³-hybridized carbons (Fsp3) is 0.250. The number of carbonyl (C=O) groups is 1. The molecule has 0 atom stereocenters. The molecular weight excluding hydrogens is 297 g/mol. The molecule has 0 radical (unpaired) electrons. The lowest BCUT2D eigenvalue weighted by Crippen LogP contribution is -2.25. The largest absolute Gasteiger partial charge is 0.343 e. The predicted molar refractivity (Wildman–Crippen MR) is 83.3 cm³/mol. The number of aromatic nitrogens is 4. The van der Waals surface area contributed by atoms with Crippen LogP contribution in [0.15, 0.2) is 30.5 Å². The van der Waals surface area contributed by atoms with Crippen LogP contribution in [0, 0.1) is 5.82 Å². The molecule has 6 nitrogen and oxygen atoms in total. The number of nitrogens with one attached hydrogen (secondary N) is 2. The molecule has 0 saturated carbocycles. The number of nitrogens with zero attached hydrogens (tertiary/aromatic N) is 3. The second-order valence-corrected chi connectivity index (χ2v) is 5.48. The SMILES string of the molecule is CC(C)c1nccc(C(=O)NCc2nc3ccc(F)cc3[nH]2)n1. The Bertz CT molecular complexity index is 859. The Labute approximate surface area is 132 Å². The van der Waals surface area contributed by atoms with E-state index in [2.05, 4.69) is 25.3 Å². The third-order valence-electron chi connectivity index (χ3n) is 3.33. The van der Waals surface area contributed by atoms with Gasteiger partial charge >= 0.3 is 0 Å². The second kappa shape index (κ2) is 6.12. The van der Waals surface area contributed by atoms with Crippen LogP contribution in [0.3, 0.4) is 0 Å². The van der Waals surface area contributed by atoms with E-state index in [-0.39, 0.29) is 24.2 Å². The zero-order chi connectivity index (χ0) is 16.4. The van der Waals surface area contributed by atoms with E-state index in [4.69, 9.17) is 0 Å². The van der Waals surface area contributed by atoms with Gasteiger partial charge in [-0.15, -0.1) is 0 Å². The first-order chi connectivity index (χ1) is 11.0. The molecule has 0 fully saturated rings. The number of aromatic amines is 1. The van der Waals surface area contributed by atoms with Crippen LogP contribution in [0.4, 0.5) is 4.39 Å². The van der Waals surface area contributed by atoms with Gasteiger partial charge in [0.05, 0.1) is 17.6 Å². The molecule has 0 unspecified atom stereocenters. The molecule has 0 aliphatic carbocycles. The standard InChI is InChI=1S/C16H16FN5O/c1-9(2)15-18-6-5-12(22-15)16(23)19-8-14-20-11-4-3-10(17)7-13(11)21-14/h3-7,9H,8H2,1-2H3,(H,19,23)(H,20,21). The van der Waals surface area contributed by atoms with Gasteiger partial charge < -0.3 is 10.3 Å². The minimum atomic E-state index is -0.334. The molecular formula is C16H16FN5O. The van der Waals surface area contributed by atoms with E-state index in [0.717, 1.165) is 0 Å². The molecule has 7 heteroatoms. The Morgan fingerprint density at radius 3 is 2.91 bits per heavy atom. The van der Waals surface area contributed by atoms with E-state index in [9.17, 15) is 9.18 Å². The Kier molecular flexibility index (Phi) is 4.01. The highest BCUT2D eigenvalue weighted by molar-refractivity contribution is 5.92. The van der Waals surface area contributed by atoms with Crippen molar-refractivity contribution in [2.75, 3.05) is 0 Å². The summed E-state index contributed by atoms with van der Waals surface area (Å²) in [6.45, 7) is 4.13. The molecule has 1 amide bonds. The highest BCUT2D eigenvalue weighted by Gasteiger charge is 2.11. The maximum atomic E-state index is 13.2. The Morgan fingerprint density at radius 1 is 1.30 bits per heavy atom. The van der Waals surface area contributed by atoms with Crippen molar-refractivity contribution in [3.05, 3.63) is 53.6 Å². The van der Waals surface area contributed by atoms with E-state index in [0.29, 0.717) is 28.4 Å². The first-order valence-corrected chi connectivity index (χ1v) is 7.28. The number of benzene rings is 1. The lowest BCUT2D eigenvalue weighted by atomic mass is 10.2. The summed E-state index contributed by atoms with van der Waals surface area (Å²) in [7, 11) is 0. The van der Waals surface area contributed by atoms with E-state index in [1.807, 2.05) is 13.8 Å². The van der Waals surface area contributed by atoms with Gasteiger partial charge in [-0.05, 0) is 24.3 Å². The number of hydrogen-bond acceptors (Lipinski definition) is 4. The van der Waals surface area contributed by atoms with E-state index in [1.165, 1.54) is 12.1 Å². The van der Waals surface area contributed by atoms with Crippen LogP contribution in [0.1, 0.15) is 41.9 Å². The van der Waals surface area contributed by atoms with Gasteiger partial charge in [0.15, 0.2) is 0 Å². The molecule has 0 aliphatic heterocycles. The van der Waals surface area contributed by atoms with Crippen molar-refractivity contribution in [2.45, 2.75) is 26.3 Å². The summed E-state index contributed by atoms with van der Waals surface area (Å²) in [6.07, 6.45) is 1.57. The minimum Gasteiger partial charge on any atom is -0.343 e. The lowest BCUT2D eigenvalue weighted by molar-refractivity contribution is 0.0944. The quantitative estimate of drug-likeness (QED) is 0.775. The molecule has 0 aliphatic rings. The monoisotopic (exact) mass is 313 g/mol. The molecule has 0 saturated heterocycles. The van der Waals surface area contributed by atoms with Crippen LogP contribution in [0.2, 0.25) is 0 Å². The summed E-state index contributed by atoms with van der Waals surface area (Å²) in [5.41, 5.74) is 1.56. The average Bonchev–Trinajstić information content (AvgIpc) is 2.94. The number of carbonyl (C=O) groups excluding carboxylic acids is 1. The third-order valence-corrected chi connectivity index (χ3v) is 3.33. The van der Waals surface area contributed by atoms with Crippen LogP contribution < -0.4 is 5.32 Å². The Hall–Kier alpha value is -2.83. The van der Waals surface area contributed by atoms with Crippen molar-refractivity contribution in [3.8, 4) is 0 Å². The minimum absolute atomic E-state index is 0.146. The number of hydrogen-bond donors (Lipinski definition) is 2. The van der Waals surface area contributed by atoms with Gasteiger partial charge in [-0.2, -0.15) is 0 Å². The average molecular weight is 313 g/mol. The van der Waals surface area contributed by atoms with Gasteiger partial charge in [-0.25, -0.2) is 19.3 Å². The van der Waals surface area contributed by atoms with Crippen LogP contribution in [-0.4, -0.2) is 25.8 Å². The number of imidazole rings is 1. The summed E-state index contributed by atoms with van der Waals surface area (Å²) < 4.78 is 13.2. The number of H-pyrrole nitrogens is 1. The van der Waals surface area contributed by atoms with E-state index >= 15 is 0 Å². The number of rotatable bonds is 4. The Balaban J connectivity index is 1.71. The second-order valence-electron chi connectivity index (χ2n) is 5.48. The summed E-state index contributed by atoms with van der Waals surface area (Å²) in [4.78, 5) is 27.8. The van der Waals surface area contributed by atoms with Crippen molar-refractivity contribution < 1.29 is 9.18 Å². The number of amides is 1. The van der Waals surface area contributed by atoms with Crippen LogP contribution in [0.5, 0.6) is 0 Å². The molecule has 3 rings (SSSR count). The van der Waals surface area contributed by atoms with Gasteiger partial charge in [0, 0.05) is 12.1 Å². The molecule has 2 aromatic heterocycles. The van der Waals surface area contributed by atoms with Crippen LogP contribution >= 0.6 is 0 Å². The van der Waals surface area contributed by atoms with E-state index in [1.54, 1.807) is 18.3 Å². The summed E-state index contributed by atoms with van der Waals surface area (Å²) in [5, 5.41) is 2.74. The van der Waals surface area contributed by atoms with Crippen molar-refractivity contribution in [1.82, 2.24) is 25.3 Å². The zero-order valence-electron chi connectivity index (χ0n) is 12.8. The third kappa shape index (κ3) is 3.33. The molecule has 2 N–H and O–H groups in total. The van der Waals surface area contributed by atoms with Gasteiger partial charge in [-0.3, -0.25) is 4.79 Å². The number of fused-ring (bicyclic) bond motifs is 1. The van der Waals surface area contributed by atoms with Gasteiger partial charge in [0.25, 0.3) is 5.91 Å². The maximum absolute atomic E-state index is 13.2. The topological polar surface area (TPSA) is 83.6 Å². The highest BCUT2D eigenvalue weighted by Crippen LogP contribution is 2.13. The summed E-state index contributed by atoms with van der Waals surface area (Å²) in [6, 6.07) is 5.87. The van der Waals surface area contributed by atoms with Gasteiger partial charge in [0.2, 0.25) is 0 Å². The van der Waals surface area contributed by atoms with Crippen molar-refractivity contribution >= 4 is 16.9 Å².